The normalized spacial score (nSPS) is 13.1. The number of carbonyl (C=O) groups is 4. The first-order valence-corrected chi connectivity index (χ1v) is 7.24. The van der Waals surface area contributed by atoms with Gasteiger partial charge in [0.1, 0.15) is 12.1 Å². The summed E-state index contributed by atoms with van der Waals surface area (Å²) in [4.78, 5) is 44.7. The van der Waals surface area contributed by atoms with E-state index in [1.807, 2.05) is 6.26 Å². The molecule has 0 heterocycles. The average Bonchev–Trinajstić information content (AvgIpc) is 2.31. The molecule has 0 aliphatic rings. The lowest BCUT2D eigenvalue weighted by Crippen LogP contribution is -2.53. The van der Waals surface area contributed by atoms with Crippen LogP contribution in [0, 0.1) is 0 Å². The van der Waals surface area contributed by atoms with Crippen molar-refractivity contribution in [2.45, 2.75) is 31.8 Å². The molecule has 0 spiro atoms. The van der Waals surface area contributed by atoms with Gasteiger partial charge >= 0.3 is 5.97 Å². The number of thioether (sulfide) groups is 1. The molecule has 20 heavy (non-hydrogen) atoms. The molecule has 8 nitrogen and oxygen atoms in total. The first-order chi connectivity index (χ1) is 9.27. The van der Waals surface area contributed by atoms with Crippen LogP contribution in [-0.2, 0) is 19.2 Å². The van der Waals surface area contributed by atoms with Gasteiger partial charge in [0, 0.05) is 6.92 Å². The summed E-state index contributed by atoms with van der Waals surface area (Å²) >= 11 is 1.48. The molecule has 0 aromatic carbocycles. The van der Waals surface area contributed by atoms with Crippen LogP contribution >= 0.6 is 11.8 Å². The van der Waals surface area contributed by atoms with Gasteiger partial charge in [0.2, 0.25) is 17.7 Å². The Morgan fingerprint density at radius 2 is 1.80 bits per heavy atom. The van der Waals surface area contributed by atoms with E-state index in [4.69, 9.17) is 10.8 Å². The second-order valence-corrected chi connectivity index (χ2v) is 5.08. The monoisotopic (exact) mass is 305 g/mol. The van der Waals surface area contributed by atoms with Crippen molar-refractivity contribution in [2.75, 3.05) is 12.0 Å². The van der Waals surface area contributed by atoms with Gasteiger partial charge in [-0.2, -0.15) is 11.8 Å². The molecule has 0 aromatic heterocycles. The van der Waals surface area contributed by atoms with Gasteiger partial charge in [0.05, 0.1) is 6.42 Å². The van der Waals surface area contributed by atoms with Gasteiger partial charge in [-0.3, -0.25) is 19.2 Å². The van der Waals surface area contributed by atoms with E-state index in [2.05, 4.69) is 10.6 Å². The third-order valence-electron chi connectivity index (χ3n) is 2.34. The zero-order valence-corrected chi connectivity index (χ0v) is 12.2. The minimum Gasteiger partial charge on any atom is -0.481 e. The largest absolute Gasteiger partial charge is 0.481 e. The Bertz CT molecular complexity index is 372. The number of hydrogen-bond acceptors (Lipinski definition) is 5. The lowest BCUT2D eigenvalue weighted by atomic mass is 10.1. The average molecular weight is 305 g/mol. The first kappa shape index (κ1) is 18.2. The van der Waals surface area contributed by atoms with Crippen LogP contribution in [0.2, 0.25) is 0 Å². The molecule has 0 fully saturated rings. The van der Waals surface area contributed by atoms with Crippen LogP contribution in [0.1, 0.15) is 19.8 Å². The van der Waals surface area contributed by atoms with Crippen LogP contribution < -0.4 is 16.4 Å². The van der Waals surface area contributed by atoms with Crippen molar-refractivity contribution in [3.63, 3.8) is 0 Å². The molecule has 0 aliphatic heterocycles. The number of aliphatic carboxylic acids is 1. The second-order valence-electron chi connectivity index (χ2n) is 4.10. The van der Waals surface area contributed by atoms with Crippen LogP contribution in [0.4, 0.5) is 0 Å². The number of primary amides is 1. The highest BCUT2D eigenvalue weighted by Crippen LogP contribution is 2.02. The Balaban J connectivity index is 4.72. The predicted molar refractivity (Wildman–Crippen MR) is 74.0 cm³/mol. The van der Waals surface area contributed by atoms with Crippen molar-refractivity contribution in [3.05, 3.63) is 0 Å². The first-order valence-electron chi connectivity index (χ1n) is 5.85. The van der Waals surface area contributed by atoms with Crippen molar-refractivity contribution in [1.82, 2.24) is 10.6 Å². The molecule has 0 saturated heterocycles. The maximum atomic E-state index is 11.9. The van der Waals surface area contributed by atoms with E-state index >= 15 is 0 Å². The Hall–Kier alpha value is -1.77. The van der Waals surface area contributed by atoms with Crippen LogP contribution in [-0.4, -0.2) is 52.9 Å². The van der Waals surface area contributed by atoms with E-state index in [0.29, 0.717) is 12.2 Å². The minimum atomic E-state index is -1.24. The number of hydrogen-bond donors (Lipinski definition) is 4. The van der Waals surface area contributed by atoms with E-state index < -0.39 is 42.2 Å². The lowest BCUT2D eigenvalue weighted by Gasteiger charge is -2.20. The molecule has 2 unspecified atom stereocenters. The number of nitrogens with one attached hydrogen (secondary N) is 2. The summed E-state index contributed by atoms with van der Waals surface area (Å²) in [6.45, 7) is 1.17. The van der Waals surface area contributed by atoms with Crippen molar-refractivity contribution >= 4 is 35.5 Å². The Labute approximate surface area is 120 Å². The van der Waals surface area contributed by atoms with Crippen LogP contribution in [0.3, 0.4) is 0 Å². The minimum absolute atomic E-state index is 0.335. The molecule has 9 heteroatoms. The molecule has 0 rings (SSSR count). The van der Waals surface area contributed by atoms with Crippen molar-refractivity contribution in [2.24, 2.45) is 5.73 Å². The maximum absolute atomic E-state index is 11.9. The van der Waals surface area contributed by atoms with Gasteiger partial charge in [-0.05, 0) is 18.4 Å². The molecular formula is C11H19N3O5S. The van der Waals surface area contributed by atoms with E-state index in [1.54, 1.807) is 0 Å². The van der Waals surface area contributed by atoms with Gasteiger partial charge in [0.15, 0.2) is 0 Å². The number of nitrogens with two attached hydrogens (primary N) is 1. The summed E-state index contributed by atoms with van der Waals surface area (Å²) in [5.41, 5.74) is 5.16. The highest BCUT2D eigenvalue weighted by molar-refractivity contribution is 7.98. The number of carboxylic acids is 1. The third-order valence-corrected chi connectivity index (χ3v) is 2.99. The fourth-order valence-electron chi connectivity index (χ4n) is 1.42. The molecule has 3 amide bonds. The molecular weight excluding hydrogens is 286 g/mol. The molecule has 0 saturated carbocycles. The SMILES string of the molecule is CSCCC(NC(=O)C(CC(=O)O)NC(C)=O)C(N)=O. The van der Waals surface area contributed by atoms with E-state index in [1.165, 1.54) is 18.7 Å². The summed E-state index contributed by atoms with van der Waals surface area (Å²) < 4.78 is 0. The third kappa shape index (κ3) is 7.62. The zero-order valence-electron chi connectivity index (χ0n) is 11.3. The Kier molecular flexibility index (Phi) is 8.37. The zero-order chi connectivity index (χ0) is 15.7. The Morgan fingerprint density at radius 3 is 2.20 bits per heavy atom. The fraction of sp³-hybridized carbons (Fsp3) is 0.636. The molecule has 2 atom stereocenters. The molecule has 0 aliphatic carbocycles. The number of carbonyl (C=O) groups excluding carboxylic acids is 3. The summed E-state index contributed by atoms with van der Waals surface area (Å²) in [7, 11) is 0. The van der Waals surface area contributed by atoms with Gasteiger partial charge < -0.3 is 21.5 Å². The topological polar surface area (TPSA) is 139 Å². The van der Waals surface area contributed by atoms with E-state index in [0.717, 1.165) is 0 Å². The van der Waals surface area contributed by atoms with Gasteiger partial charge in [-0.25, -0.2) is 0 Å². The molecule has 5 N–H and O–H groups in total. The van der Waals surface area contributed by atoms with Crippen LogP contribution in [0.15, 0.2) is 0 Å². The summed E-state index contributed by atoms with van der Waals surface area (Å²) in [5.74, 6) is -2.61. The van der Waals surface area contributed by atoms with Crippen molar-refractivity contribution < 1.29 is 24.3 Å². The lowest BCUT2D eigenvalue weighted by molar-refractivity contribution is -0.140. The van der Waals surface area contributed by atoms with Crippen molar-refractivity contribution in [1.29, 1.82) is 0 Å². The molecule has 0 radical (unpaired) electrons. The Morgan fingerprint density at radius 1 is 1.20 bits per heavy atom. The summed E-state index contributed by atoms with van der Waals surface area (Å²) in [6.07, 6.45) is 1.60. The van der Waals surface area contributed by atoms with Crippen molar-refractivity contribution in [3.8, 4) is 0 Å². The maximum Gasteiger partial charge on any atom is 0.305 e. The van der Waals surface area contributed by atoms with E-state index in [9.17, 15) is 19.2 Å². The van der Waals surface area contributed by atoms with Crippen LogP contribution in [0.5, 0.6) is 0 Å². The van der Waals surface area contributed by atoms with Crippen LogP contribution in [0.25, 0.3) is 0 Å². The number of carboxylic acid groups (broad SMARTS) is 1. The van der Waals surface area contributed by atoms with Gasteiger partial charge in [0.25, 0.3) is 0 Å². The quantitative estimate of drug-likeness (QED) is 0.417. The summed E-state index contributed by atoms with van der Waals surface area (Å²) in [6, 6.07) is -2.12. The number of rotatable bonds is 9. The highest BCUT2D eigenvalue weighted by atomic mass is 32.2. The second kappa shape index (κ2) is 9.18. The summed E-state index contributed by atoms with van der Waals surface area (Å²) in [5, 5.41) is 13.3. The smallest absolute Gasteiger partial charge is 0.305 e. The number of amides is 3. The predicted octanol–water partition coefficient (Wildman–Crippen LogP) is -1.31. The standard InChI is InChI=1S/C11H19N3O5S/c1-6(15)13-8(5-9(16)17)11(19)14-7(10(12)18)3-4-20-2/h7-8H,3-5H2,1-2H3,(H2,12,18)(H,13,15)(H,14,19)(H,16,17). The van der Waals surface area contributed by atoms with Gasteiger partial charge in [-0.1, -0.05) is 0 Å². The van der Waals surface area contributed by atoms with Gasteiger partial charge in [-0.15, -0.1) is 0 Å². The fourth-order valence-corrected chi connectivity index (χ4v) is 1.89. The molecule has 114 valence electrons. The molecule has 0 bridgehead atoms. The van der Waals surface area contributed by atoms with E-state index in [-0.39, 0.29) is 0 Å². The highest BCUT2D eigenvalue weighted by Gasteiger charge is 2.26. The molecule has 0 aromatic rings.